The topological polar surface area (TPSA) is 112 Å². The number of ether oxygens (including phenoxy) is 1. The van der Waals surface area contributed by atoms with E-state index in [4.69, 9.17) is 4.74 Å². The van der Waals surface area contributed by atoms with Crippen molar-refractivity contribution < 1.29 is 24.5 Å². The highest BCUT2D eigenvalue weighted by atomic mass is 16.6. The van der Waals surface area contributed by atoms with E-state index >= 15 is 0 Å². The number of Topliss-reactive ketones (excluding diaryl/α,β-unsaturated/α-hetero) is 1. The van der Waals surface area contributed by atoms with Crippen molar-refractivity contribution in [3.8, 4) is 0 Å². The van der Waals surface area contributed by atoms with Crippen LogP contribution in [0.4, 0.5) is 0 Å². The highest BCUT2D eigenvalue weighted by Crippen LogP contribution is 2.46. The lowest BCUT2D eigenvalue weighted by atomic mass is 9.71. The number of epoxide rings is 1. The van der Waals surface area contributed by atoms with Crippen molar-refractivity contribution in [1.29, 1.82) is 0 Å². The van der Waals surface area contributed by atoms with Gasteiger partial charge in [-0.25, -0.2) is 0 Å². The van der Waals surface area contributed by atoms with E-state index in [0.717, 1.165) is 35.7 Å². The minimum absolute atomic E-state index is 0.0168. The van der Waals surface area contributed by atoms with Crippen LogP contribution >= 0.6 is 0 Å². The predicted molar refractivity (Wildman–Crippen MR) is 147 cm³/mol. The molecule has 0 radical (unpaired) electrons. The van der Waals surface area contributed by atoms with Gasteiger partial charge in [0, 0.05) is 23.9 Å². The number of aliphatic hydroxyl groups excluding tert-OH is 2. The average Bonchev–Trinajstić information content (AvgIpc) is 3.53. The lowest BCUT2D eigenvalue weighted by Crippen LogP contribution is -2.47. The third kappa shape index (κ3) is 6.00. The molecule has 2 fully saturated rings. The lowest BCUT2D eigenvalue weighted by Gasteiger charge is -2.36. The van der Waals surface area contributed by atoms with E-state index in [0.29, 0.717) is 12.8 Å². The summed E-state index contributed by atoms with van der Waals surface area (Å²) in [6.45, 7) is 11.1. The van der Waals surface area contributed by atoms with Crippen molar-refractivity contribution in [1.82, 2.24) is 10.3 Å². The Labute approximate surface area is 225 Å². The van der Waals surface area contributed by atoms with Gasteiger partial charge in [-0.2, -0.15) is 0 Å². The Morgan fingerprint density at radius 1 is 1.21 bits per heavy atom. The number of hydrogen-bond acceptors (Lipinski definition) is 6. The molecule has 2 aliphatic rings. The number of allylic oxidation sites excluding steroid dienone is 1. The lowest BCUT2D eigenvalue weighted by molar-refractivity contribution is -0.144. The minimum Gasteiger partial charge on any atom is -0.392 e. The number of aromatic nitrogens is 1. The number of pyridine rings is 1. The zero-order chi connectivity index (χ0) is 27.7. The van der Waals surface area contributed by atoms with E-state index in [1.807, 2.05) is 37.3 Å². The summed E-state index contributed by atoms with van der Waals surface area (Å²) in [5.74, 6) is -1.39. The van der Waals surface area contributed by atoms with Gasteiger partial charge in [0.05, 0.1) is 47.3 Å². The Hall–Kier alpha value is -2.61. The Morgan fingerprint density at radius 3 is 2.71 bits per heavy atom. The zero-order valence-electron chi connectivity index (χ0n) is 23.0. The summed E-state index contributed by atoms with van der Waals surface area (Å²) in [7, 11) is 0. The molecule has 38 heavy (non-hydrogen) atoms. The normalized spacial score (nSPS) is 34.8. The predicted octanol–water partition coefficient (Wildman–Crippen LogP) is 4.66. The minimum atomic E-state index is -1.22. The molecule has 0 spiro atoms. The largest absolute Gasteiger partial charge is 0.392 e. The van der Waals surface area contributed by atoms with Gasteiger partial charge in [-0.15, -0.1) is 6.58 Å². The number of aliphatic hydroxyl groups is 2. The number of nitrogens with zero attached hydrogens (tertiary/aromatic N) is 1. The molecule has 3 N–H and O–H groups in total. The molecule has 1 aromatic carbocycles. The molecule has 7 nitrogen and oxygen atoms in total. The maximum atomic E-state index is 13.6. The maximum Gasteiger partial charge on any atom is 0.223 e. The van der Waals surface area contributed by atoms with Crippen LogP contribution in [0.2, 0.25) is 0 Å². The first-order valence-corrected chi connectivity index (χ1v) is 13.8. The molecule has 1 amide bonds. The summed E-state index contributed by atoms with van der Waals surface area (Å²) in [5, 5.41) is 26.4. The van der Waals surface area contributed by atoms with Crippen LogP contribution in [0.15, 0.2) is 49.2 Å². The molecule has 2 saturated heterocycles. The molecule has 7 atom stereocenters. The van der Waals surface area contributed by atoms with Gasteiger partial charge >= 0.3 is 0 Å². The summed E-state index contributed by atoms with van der Waals surface area (Å²) < 4.78 is 6.15. The van der Waals surface area contributed by atoms with E-state index in [-0.39, 0.29) is 41.8 Å². The summed E-state index contributed by atoms with van der Waals surface area (Å²) >= 11 is 0. The Kier molecular flexibility index (Phi) is 8.40. The first kappa shape index (κ1) is 28.4. The molecule has 1 aromatic heterocycles. The van der Waals surface area contributed by atoms with Gasteiger partial charge in [0.1, 0.15) is 5.78 Å². The van der Waals surface area contributed by atoms with Crippen molar-refractivity contribution >= 4 is 22.6 Å². The van der Waals surface area contributed by atoms with Crippen molar-refractivity contribution in [2.75, 3.05) is 0 Å². The molecule has 0 saturated carbocycles. The van der Waals surface area contributed by atoms with Crippen LogP contribution in [0.25, 0.3) is 10.9 Å². The fourth-order valence-corrected chi connectivity index (χ4v) is 5.85. The Bertz CT molecular complexity index is 1180. The highest BCUT2D eigenvalue weighted by molar-refractivity contribution is 5.88. The van der Waals surface area contributed by atoms with Crippen molar-refractivity contribution in [2.24, 2.45) is 17.3 Å². The number of hydrogen-bond donors (Lipinski definition) is 3. The molecule has 206 valence electrons. The van der Waals surface area contributed by atoms with Crippen molar-refractivity contribution in [3.05, 3.63) is 54.7 Å². The third-order valence-electron chi connectivity index (χ3n) is 8.78. The van der Waals surface area contributed by atoms with E-state index in [9.17, 15) is 19.8 Å². The standard InChI is InChI=1S/C31H42N2O5/c1-6-9-22-28(36)19(2)10-7-14-31(5)26(38-31)17-24(21-13-12-20-11-8-15-32-23(20)16-21)33-27(35)18-25(34)30(3,4)29(22)37/h6,8,11-13,15-16,19,22,24-26,28,34,36H,1,7,9-10,14,17-18H2,2-5H3,(H,33,35)/t19-,22+,24-,25-,26?,28+,31?/m0/s1. The number of ketones is 1. The summed E-state index contributed by atoms with van der Waals surface area (Å²) in [6.07, 6.45) is 4.42. The van der Waals surface area contributed by atoms with Gasteiger partial charge in [-0.1, -0.05) is 51.5 Å². The summed E-state index contributed by atoms with van der Waals surface area (Å²) in [5.41, 5.74) is 0.260. The maximum absolute atomic E-state index is 13.6. The summed E-state index contributed by atoms with van der Waals surface area (Å²) in [6, 6.07) is 9.56. The summed E-state index contributed by atoms with van der Waals surface area (Å²) in [4.78, 5) is 31.3. The quantitative estimate of drug-likeness (QED) is 0.399. The van der Waals surface area contributed by atoms with Gasteiger partial charge in [0.25, 0.3) is 0 Å². The van der Waals surface area contributed by atoms with Gasteiger partial charge in [0.2, 0.25) is 5.91 Å². The molecule has 3 heterocycles. The molecule has 0 bridgehead atoms. The molecular weight excluding hydrogens is 480 g/mol. The first-order chi connectivity index (χ1) is 18.0. The second kappa shape index (κ2) is 11.2. The Balaban J connectivity index is 1.63. The van der Waals surface area contributed by atoms with Crippen LogP contribution in [-0.2, 0) is 14.3 Å². The van der Waals surface area contributed by atoms with E-state index in [2.05, 4.69) is 23.8 Å². The molecule has 0 aliphatic carbocycles. The van der Waals surface area contributed by atoms with Crippen LogP contribution in [-0.4, -0.2) is 50.8 Å². The van der Waals surface area contributed by atoms with Crippen molar-refractivity contribution in [2.45, 2.75) is 96.2 Å². The second-order valence-electron chi connectivity index (χ2n) is 12.0. The average molecular weight is 523 g/mol. The Morgan fingerprint density at radius 2 is 1.97 bits per heavy atom. The number of nitrogens with one attached hydrogen (secondary N) is 1. The number of carbonyl (C=O) groups is 2. The highest BCUT2D eigenvalue weighted by Gasteiger charge is 2.52. The fourth-order valence-electron chi connectivity index (χ4n) is 5.85. The van der Waals surface area contributed by atoms with E-state index < -0.39 is 23.5 Å². The zero-order valence-corrected chi connectivity index (χ0v) is 23.0. The second-order valence-corrected chi connectivity index (χ2v) is 12.0. The van der Waals surface area contributed by atoms with Crippen LogP contribution in [0.3, 0.4) is 0 Å². The molecule has 2 aliphatic heterocycles. The number of carbonyl (C=O) groups excluding carboxylic acids is 2. The number of fused-ring (bicyclic) bond motifs is 2. The smallest absolute Gasteiger partial charge is 0.223 e. The number of benzene rings is 1. The van der Waals surface area contributed by atoms with Crippen LogP contribution < -0.4 is 5.32 Å². The van der Waals surface area contributed by atoms with Gasteiger partial charge in [-0.05, 0) is 49.8 Å². The van der Waals surface area contributed by atoms with Crippen LogP contribution in [0, 0.1) is 17.3 Å². The molecule has 2 unspecified atom stereocenters. The molecule has 2 aromatic rings. The number of rotatable bonds is 3. The SMILES string of the molecule is C=CC[C@H]1C(=O)C(C)(C)[C@@H](O)CC(=O)N[C@H](c2ccc3cccnc3c2)CC2OC2(C)CCC[C@H](C)[C@H]1O. The first-order valence-electron chi connectivity index (χ1n) is 13.8. The monoisotopic (exact) mass is 522 g/mol. The van der Waals surface area contributed by atoms with Crippen molar-refractivity contribution in [3.63, 3.8) is 0 Å². The number of amides is 1. The molecule has 4 rings (SSSR count). The van der Waals surface area contributed by atoms with E-state index in [1.165, 1.54) is 0 Å². The fraction of sp³-hybridized carbons (Fsp3) is 0.581. The van der Waals surface area contributed by atoms with Gasteiger partial charge < -0.3 is 20.3 Å². The van der Waals surface area contributed by atoms with Gasteiger partial charge in [-0.3, -0.25) is 14.6 Å². The molecule has 7 heteroatoms. The third-order valence-corrected chi connectivity index (χ3v) is 8.78. The van der Waals surface area contributed by atoms with E-state index in [1.54, 1.807) is 26.1 Å². The van der Waals surface area contributed by atoms with Crippen LogP contribution in [0.5, 0.6) is 0 Å². The van der Waals surface area contributed by atoms with Gasteiger partial charge in [0.15, 0.2) is 0 Å². The molecular formula is C31H42N2O5. The van der Waals surface area contributed by atoms with Crippen LogP contribution in [0.1, 0.15) is 77.8 Å².